The fourth-order valence-electron chi connectivity index (χ4n) is 2.05. The van der Waals surface area contributed by atoms with Gasteiger partial charge in [-0.25, -0.2) is 0 Å². The Labute approximate surface area is 103 Å². The summed E-state index contributed by atoms with van der Waals surface area (Å²) in [6.07, 6.45) is 4.06. The van der Waals surface area contributed by atoms with E-state index < -0.39 is 11.4 Å². The number of nitrogens with one attached hydrogen (secondary N) is 1. The van der Waals surface area contributed by atoms with Crippen molar-refractivity contribution in [2.45, 2.75) is 46.5 Å². The van der Waals surface area contributed by atoms with Crippen molar-refractivity contribution in [2.75, 3.05) is 6.54 Å². The number of amides is 1. The van der Waals surface area contributed by atoms with Gasteiger partial charge in [-0.05, 0) is 45.4 Å². The second kappa shape index (κ2) is 5.52. The third-order valence-electron chi connectivity index (χ3n) is 3.67. The van der Waals surface area contributed by atoms with Crippen LogP contribution in [0.25, 0.3) is 0 Å². The van der Waals surface area contributed by atoms with Gasteiger partial charge in [0.05, 0.1) is 5.41 Å². The summed E-state index contributed by atoms with van der Waals surface area (Å²) in [4.78, 5) is 22.8. The van der Waals surface area contributed by atoms with E-state index in [1.165, 1.54) is 0 Å². The first-order valence-corrected chi connectivity index (χ1v) is 6.34. The highest BCUT2D eigenvalue weighted by Crippen LogP contribution is 2.28. The molecule has 1 fully saturated rings. The smallest absolute Gasteiger partial charge is 0.310 e. The molecule has 1 aliphatic carbocycles. The van der Waals surface area contributed by atoms with Crippen LogP contribution in [0.15, 0.2) is 0 Å². The van der Waals surface area contributed by atoms with Crippen LogP contribution in [0.4, 0.5) is 0 Å². The zero-order valence-corrected chi connectivity index (χ0v) is 11.0. The van der Waals surface area contributed by atoms with Crippen molar-refractivity contribution >= 4 is 11.9 Å². The fraction of sp³-hybridized carbons (Fsp3) is 0.846. The maximum absolute atomic E-state index is 11.9. The lowest BCUT2D eigenvalue weighted by Crippen LogP contribution is -2.42. The molecule has 4 heteroatoms. The molecule has 0 bridgehead atoms. The monoisotopic (exact) mass is 241 g/mol. The van der Waals surface area contributed by atoms with Crippen LogP contribution >= 0.6 is 0 Å². The minimum atomic E-state index is -0.891. The van der Waals surface area contributed by atoms with Gasteiger partial charge in [-0.1, -0.05) is 6.92 Å². The van der Waals surface area contributed by atoms with Gasteiger partial charge in [-0.3, -0.25) is 9.59 Å². The first-order valence-electron chi connectivity index (χ1n) is 6.34. The van der Waals surface area contributed by atoms with Crippen molar-refractivity contribution in [2.24, 2.45) is 17.3 Å². The van der Waals surface area contributed by atoms with Crippen LogP contribution in [-0.4, -0.2) is 23.5 Å². The summed E-state index contributed by atoms with van der Waals surface area (Å²) in [5, 5.41) is 11.7. The predicted octanol–water partition coefficient (Wildman–Crippen LogP) is 2.04. The van der Waals surface area contributed by atoms with Crippen LogP contribution in [-0.2, 0) is 9.59 Å². The number of hydrogen-bond donors (Lipinski definition) is 2. The minimum absolute atomic E-state index is 0.0197. The van der Waals surface area contributed by atoms with Gasteiger partial charge in [-0.15, -0.1) is 0 Å². The van der Waals surface area contributed by atoms with E-state index >= 15 is 0 Å². The molecule has 0 aromatic rings. The molecule has 1 saturated carbocycles. The van der Waals surface area contributed by atoms with Crippen LogP contribution in [0, 0.1) is 17.3 Å². The third-order valence-corrected chi connectivity index (χ3v) is 3.67. The Morgan fingerprint density at radius 1 is 1.24 bits per heavy atom. The molecule has 98 valence electrons. The number of aliphatic carboxylic acids is 1. The first-order chi connectivity index (χ1) is 7.83. The van der Waals surface area contributed by atoms with Crippen molar-refractivity contribution in [3.8, 4) is 0 Å². The van der Waals surface area contributed by atoms with Gasteiger partial charge in [0.1, 0.15) is 0 Å². The first kappa shape index (κ1) is 14.0. The Kier molecular flexibility index (Phi) is 4.54. The van der Waals surface area contributed by atoms with Gasteiger partial charge >= 0.3 is 5.97 Å². The lowest BCUT2D eigenvalue weighted by Gasteiger charge is -2.27. The molecule has 0 spiro atoms. The Balaban J connectivity index is 2.37. The van der Waals surface area contributed by atoms with Gasteiger partial charge in [-0.2, -0.15) is 0 Å². The largest absolute Gasteiger partial charge is 0.481 e. The Bertz CT molecular complexity index is 291. The Hall–Kier alpha value is -1.06. The van der Waals surface area contributed by atoms with Crippen LogP contribution in [0.3, 0.4) is 0 Å². The third kappa shape index (κ3) is 4.02. The normalized spacial score (nSPS) is 25.4. The summed E-state index contributed by atoms with van der Waals surface area (Å²) in [6.45, 7) is 5.66. The minimum Gasteiger partial charge on any atom is -0.481 e. The van der Waals surface area contributed by atoms with Crippen LogP contribution in [0.5, 0.6) is 0 Å². The molecule has 0 radical (unpaired) electrons. The highest BCUT2D eigenvalue weighted by Gasteiger charge is 2.30. The summed E-state index contributed by atoms with van der Waals surface area (Å²) in [5.74, 6) is -0.0633. The summed E-state index contributed by atoms with van der Waals surface area (Å²) >= 11 is 0. The molecular weight excluding hydrogens is 218 g/mol. The van der Waals surface area contributed by atoms with Crippen molar-refractivity contribution in [1.29, 1.82) is 0 Å². The van der Waals surface area contributed by atoms with Crippen LogP contribution in [0.1, 0.15) is 46.5 Å². The van der Waals surface area contributed by atoms with Crippen molar-refractivity contribution < 1.29 is 14.7 Å². The van der Waals surface area contributed by atoms with E-state index in [4.69, 9.17) is 5.11 Å². The second-order valence-electron chi connectivity index (χ2n) is 5.86. The maximum atomic E-state index is 11.9. The van der Waals surface area contributed by atoms with Crippen LogP contribution < -0.4 is 5.32 Å². The van der Waals surface area contributed by atoms with Crippen molar-refractivity contribution in [1.82, 2.24) is 5.32 Å². The molecule has 0 aromatic carbocycles. The van der Waals surface area contributed by atoms with Gasteiger partial charge in [0, 0.05) is 12.5 Å². The van der Waals surface area contributed by atoms with E-state index in [2.05, 4.69) is 12.2 Å². The van der Waals surface area contributed by atoms with Gasteiger partial charge < -0.3 is 10.4 Å². The quantitative estimate of drug-likeness (QED) is 0.791. The number of carboxylic acids is 1. The summed E-state index contributed by atoms with van der Waals surface area (Å²) < 4.78 is 0. The van der Waals surface area contributed by atoms with E-state index in [9.17, 15) is 9.59 Å². The fourth-order valence-corrected chi connectivity index (χ4v) is 2.05. The van der Waals surface area contributed by atoms with E-state index in [1.54, 1.807) is 13.8 Å². The SMILES string of the molecule is CC1CCC(C(=O)NCC(C)(C)C(=O)O)CC1. The molecule has 17 heavy (non-hydrogen) atoms. The van der Waals surface area contributed by atoms with Crippen LogP contribution in [0.2, 0.25) is 0 Å². The zero-order valence-electron chi connectivity index (χ0n) is 11.0. The number of carboxylic acid groups (broad SMARTS) is 1. The van der Waals surface area contributed by atoms with E-state index in [1.807, 2.05) is 0 Å². The topological polar surface area (TPSA) is 66.4 Å². The number of carbonyl (C=O) groups excluding carboxylic acids is 1. The molecule has 0 unspecified atom stereocenters. The average Bonchev–Trinajstić information content (AvgIpc) is 2.27. The molecule has 0 saturated heterocycles. The molecular formula is C13H23NO3. The molecule has 0 aromatic heterocycles. The van der Waals surface area contributed by atoms with Gasteiger partial charge in [0.2, 0.25) is 5.91 Å². The van der Waals surface area contributed by atoms with E-state index in [0.29, 0.717) is 0 Å². The summed E-state index contributed by atoms with van der Waals surface area (Å²) in [5.41, 5.74) is -0.891. The highest BCUT2D eigenvalue weighted by atomic mass is 16.4. The standard InChI is InChI=1S/C13H23NO3/c1-9-4-6-10(7-5-9)11(15)14-8-13(2,3)12(16)17/h9-10H,4-8H2,1-3H3,(H,14,15)(H,16,17). The molecule has 1 amide bonds. The lowest BCUT2D eigenvalue weighted by atomic mass is 9.82. The lowest BCUT2D eigenvalue weighted by molar-refractivity contribution is -0.146. The molecule has 0 atom stereocenters. The zero-order chi connectivity index (χ0) is 13.1. The predicted molar refractivity (Wildman–Crippen MR) is 65.5 cm³/mol. The van der Waals surface area contributed by atoms with Crippen molar-refractivity contribution in [3.05, 3.63) is 0 Å². The molecule has 0 aliphatic heterocycles. The molecule has 1 aliphatic rings. The van der Waals surface area contributed by atoms with Crippen molar-refractivity contribution in [3.63, 3.8) is 0 Å². The highest BCUT2D eigenvalue weighted by molar-refractivity contribution is 5.80. The Morgan fingerprint density at radius 3 is 2.24 bits per heavy atom. The maximum Gasteiger partial charge on any atom is 0.310 e. The molecule has 0 heterocycles. The van der Waals surface area contributed by atoms with Gasteiger partial charge in [0.15, 0.2) is 0 Å². The summed E-state index contributed by atoms with van der Waals surface area (Å²) in [7, 11) is 0. The van der Waals surface area contributed by atoms with E-state index in [0.717, 1.165) is 31.6 Å². The van der Waals surface area contributed by atoms with E-state index in [-0.39, 0.29) is 18.4 Å². The summed E-state index contributed by atoms with van der Waals surface area (Å²) in [6, 6.07) is 0. The second-order valence-corrected chi connectivity index (χ2v) is 5.86. The number of carbonyl (C=O) groups is 2. The number of rotatable bonds is 4. The Morgan fingerprint density at radius 2 is 1.76 bits per heavy atom. The number of hydrogen-bond acceptors (Lipinski definition) is 2. The average molecular weight is 241 g/mol. The molecule has 4 nitrogen and oxygen atoms in total. The molecule has 1 rings (SSSR count). The van der Waals surface area contributed by atoms with Gasteiger partial charge in [0.25, 0.3) is 0 Å². The molecule has 2 N–H and O–H groups in total.